The highest BCUT2D eigenvalue weighted by molar-refractivity contribution is 5.68. The van der Waals surface area contributed by atoms with Gasteiger partial charge in [0.1, 0.15) is 5.60 Å². The van der Waals surface area contributed by atoms with Gasteiger partial charge in [0.25, 0.3) is 0 Å². The standard InChI is InChI=1S/C12H24N2O2/c1-8(2)13-9-6-10(7-9)14-11(15)16-12(3,4)5/h8-10,13H,6-7H2,1-5H3,(H,14,15). The predicted molar refractivity (Wildman–Crippen MR) is 64.5 cm³/mol. The normalized spacial score (nSPS) is 25.1. The maximum atomic E-state index is 11.4. The van der Waals surface area contributed by atoms with Crippen molar-refractivity contribution >= 4 is 6.09 Å². The van der Waals surface area contributed by atoms with E-state index in [1.165, 1.54) is 0 Å². The van der Waals surface area contributed by atoms with Crippen LogP contribution in [0.15, 0.2) is 0 Å². The third-order valence-electron chi connectivity index (χ3n) is 2.43. The Kier molecular flexibility index (Phi) is 4.19. The molecule has 0 aromatic carbocycles. The molecule has 4 nitrogen and oxygen atoms in total. The zero-order valence-corrected chi connectivity index (χ0v) is 11.0. The molecule has 1 fully saturated rings. The summed E-state index contributed by atoms with van der Waals surface area (Å²) in [5.41, 5.74) is -0.413. The fourth-order valence-electron chi connectivity index (χ4n) is 1.82. The number of rotatable bonds is 3. The predicted octanol–water partition coefficient (Wildman–Crippen LogP) is 2.04. The summed E-state index contributed by atoms with van der Waals surface area (Å²) in [7, 11) is 0. The first-order chi connectivity index (χ1) is 7.26. The fourth-order valence-corrected chi connectivity index (χ4v) is 1.82. The lowest BCUT2D eigenvalue weighted by Crippen LogP contribution is -2.54. The minimum atomic E-state index is -0.413. The molecule has 0 spiro atoms. The van der Waals surface area contributed by atoms with Crippen LogP contribution in [0.3, 0.4) is 0 Å². The smallest absolute Gasteiger partial charge is 0.407 e. The molecule has 0 heterocycles. The largest absolute Gasteiger partial charge is 0.444 e. The Morgan fingerprint density at radius 3 is 2.25 bits per heavy atom. The van der Waals surface area contributed by atoms with Gasteiger partial charge in [-0.2, -0.15) is 0 Å². The Hall–Kier alpha value is -0.770. The SMILES string of the molecule is CC(C)NC1CC(NC(=O)OC(C)(C)C)C1. The summed E-state index contributed by atoms with van der Waals surface area (Å²) in [5, 5.41) is 6.31. The van der Waals surface area contributed by atoms with E-state index in [0.29, 0.717) is 12.1 Å². The fraction of sp³-hybridized carbons (Fsp3) is 0.917. The molecular weight excluding hydrogens is 204 g/mol. The van der Waals surface area contributed by atoms with Gasteiger partial charge in [-0.25, -0.2) is 4.79 Å². The number of hydrogen-bond donors (Lipinski definition) is 2. The Bertz CT molecular complexity index is 240. The molecule has 1 amide bonds. The maximum absolute atomic E-state index is 11.4. The van der Waals surface area contributed by atoms with E-state index in [1.54, 1.807) is 0 Å². The molecular formula is C12H24N2O2. The highest BCUT2D eigenvalue weighted by atomic mass is 16.6. The third kappa shape index (κ3) is 4.84. The molecule has 1 rings (SSSR count). The lowest BCUT2D eigenvalue weighted by molar-refractivity contribution is 0.0464. The lowest BCUT2D eigenvalue weighted by atomic mass is 9.86. The summed E-state index contributed by atoms with van der Waals surface area (Å²) < 4.78 is 5.19. The molecule has 2 N–H and O–H groups in total. The summed E-state index contributed by atoms with van der Waals surface area (Å²) in [5.74, 6) is 0. The van der Waals surface area contributed by atoms with Crippen LogP contribution in [0.25, 0.3) is 0 Å². The monoisotopic (exact) mass is 228 g/mol. The third-order valence-corrected chi connectivity index (χ3v) is 2.43. The van der Waals surface area contributed by atoms with Gasteiger partial charge < -0.3 is 15.4 Å². The highest BCUT2D eigenvalue weighted by Gasteiger charge is 2.31. The molecule has 0 saturated heterocycles. The number of carbonyl (C=O) groups is 1. The van der Waals surface area contributed by atoms with Gasteiger partial charge in [-0.05, 0) is 33.6 Å². The van der Waals surface area contributed by atoms with Crippen LogP contribution in [0.2, 0.25) is 0 Å². The van der Waals surface area contributed by atoms with Crippen LogP contribution in [-0.2, 0) is 4.74 Å². The Balaban J connectivity index is 2.15. The number of ether oxygens (including phenoxy) is 1. The molecule has 16 heavy (non-hydrogen) atoms. The molecule has 0 atom stereocenters. The van der Waals surface area contributed by atoms with E-state index in [4.69, 9.17) is 4.74 Å². The van der Waals surface area contributed by atoms with E-state index in [1.807, 2.05) is 20.8 Å². The maximum Gasteiger partial charge on any atom is 0.407 e. The van der Waals surface area contributed by atoms with E-state index < -0.39 is 5.60 Å². The second kappa shape index (κ2) is 5.04. The van der Waals surface area contributed by atoms with E-state index in [0.717, 1.165) is 12.8 Å². The van der Waals surface area contributed by atoms with Crippen LogP contribution < -0.4 is 10.6 Å². The van der Waals surface area contributed by atoms with E-state index >= 15 is 0 Å². The number of amides is 1. The Labute approximate surface area is 98.1 Å². The van der Waals surface area contributed by atoms with Gasteiger partial charge in [-0.1, -0.05) is 13.8 Å². The summed E-state index contributed by atoms with van der Waals surface area (Å²) in [6.45, 7) is 9.88. The average Bonchev–Trinajstić information content (AvgIpc) is 1.95. The molecule has 0 aromatic rings. The molecule has 1 aliphatic carbocycles. The molecule has 0 aliphatic heterocycles. The van der Waals surface area contributed by atoms with Crippen LogP contribution >= 0.6 is 0 Å². The van der Waals surface area contributed by atoms with E-state index in [2.05, 4.69) is 24.5 Å². The number of carbonyl (C=O) groups excluding carboxylic acids is 1. The molecule has 1 aliphatic rings. The van der Waals surface area contributed by atoms with Gasteiger partial charge in [0.15, 0.2) is 0 Å². The summed E-state index contributed by atoms with van der Waals surface area (Å²) >= 11 is 0. The molecule has 0 aromatic heterocycles. The number of nitrogens with one attached hydrogen (secondary N) is 2. The Morgan fingerprint density at radius 2 is 1.81 bits per heavy atom. The lowest BCUT2D eigenvalue weighted by Gasteiger charge is -2.37. The molecule has 1 saturated carbocycles. The molecule has 0 bridgehead atoms. The van der Waals surface area contributed by atoms with Crippen molar-refractivity contribution in [1.29, 1.82) is 0 Å². The first kappa shape index (κ1) is 13.3. The van der Waals surface area contributed by atoms with Crippen molar-refractivity contribution in [2.24, 2.45) is 0 Å². The van der Waals surface area contributed by atoms with Gasteiger partial charge in [0, 0.05) is 18.1 Å². The van der Waals surface area contributed by atoms with Gasteiger partial charge in [0.05, 0.1) is 0 Å². The number of hydrogen-bond acceptors (Lipinski definition) is 3. The molecule has 0 unspecified atom stereocenters. The van der Waals surface area contributed by atoms with Crippen molar-refractivity contribution in [3.63, 3.8) is 0 Å². The van der Waals surface area contributed by atoms with Crippen LogP contribution in [0.1, 0.15) is 47.5 Å². The van der Waals surface area contributed by atoms with E-state index in [-0.39, 0.29) is 12.1 Å². The van der Waals surface area contributed by atoms with Gasteiger partial charge in [0.2, 0.25) is 0 Å². The van der Waals surface area contributed by atoms with E-state index in [9.17, 15) is 4.79 Å². The zero-order chi connectivity index (χ0) is 12.3. The van der Waals surface area contributed by atoms with Crippen molar-refractivity contribution in [1.82, 2.24) is 10.6 Å². The number of alkyl carbamates (subject to hydrolysis) is 1. The van der Waals surface area contributed by atoms with Gasteiger partial charge in [-0.15, -0.1) is 0 Å². The van der Waals surface area contributed by atoms with Gasteiger partial charge >= 0.3 is 6.09 Å². The molecule has 94 valence electrons. The van der Waals surface area contributed by atoms with Crippen LogP contribution in [-0.4, -0.2) is 29.8 Å². The second-order valence-electron chi connectivity index (χ2n) is 5.83. The van der Waals surface area contributed by atoms with Crippen molar-refractivity contribution in [3.05, 3.63) is 0 Å². The minimum Gasteiger partial charge on any atom is -0.444 e. The summed E-state index contributed by atoms with van der Waals surface area (Å²) in [6, 6.07) is 1.32. The Morgan fingerprint density at radius 1 is 1.25 bits per heavy atom. The molecule has 0 radical (unpaired) electrons. The first-order valence-electron chi connectivity index (χ1n) is 6.02. The molecule has 4 heteroatoms. The van der Waals surface area contributed by atoms with Crippen LogP contribution in [0.5, 0.6) is 0 Å². The first-order valence-corrected chi connectivity index (χ1v) is 6.02. The van der Waals surface area contributed by atoms with Crippen LogP contribution in [0.4, 0.5) is 4.79 Å². The summed E-state index contributed by atoms with van der Waals surface area (Å²) in [4.78, 5) is 11.4. The summed E-state index contributed by atoms with van der Waals surface area (Å²) in [6.07, 6.45) is 1.69. The second-order valence-corrected chi connectivity index (χ2v) is 5.83. The van der Waals surface area contributed by atoms with Crippen molar-refractivity contribution in [3.8, 4) is 0 Å². The zero-order valence-electron chi connectivity index (χ0n) is 11.0. The quantitative estimate of drug-likeness (QED) is 0.777. The van der Waals surface area contributed by atoms with Crippen molar-refractivity contribution < 1.29 is 9.53 Å². The van der Waals surface area contributed by atoms with Gasteiger partial charge in [-0.3, -0.25) is 0 Å². The van der Waals surface area contributed by atoms with Crippen molar-refractivity contribution in [2.45, 2.75) is 71.2 Å². The van der Waals surface area contributed by atoms with Crippen molar-refractivity contribution in [2.75, 3.05) is 0 Å². The minimum absolute atomic E-state index is 0.270. The topological polar surface area (TPSA) is 50.4 Å². The highest BCUT2D eigenvalue weighted by Crippen LogP contribution is 2.21. The van der Waals surface area contributed by atoms with Crippen LogP contribution in [0, 0.1) is 0 Å². The average molecular weight is 228 g/mol.